The van der Waals surface area contributed by atoms with Gasteiger partial charge in [-0.15, -0.1) is 0 Å². The van der Waals surface area contributed by atoms with E-state index in [9.17, 15) is 0 Å². The molecule has 106 valence electrons. The van der Waals surface area contributed by atoms with E-state index >= 15 is 0 Å². The number of piperidine rings is 1. The van der Waals surface area contributed by atoms with Gasteiger partial charge in [-0.2, -0.15) is 0 Å². The Labute approximate surface area is 109 Å². The number of hydrogen-bond donors (Lipinski definition) is 3. The quantitative estimate of drug-likeness (QED) is 0.625. The van der Waals surface area contributed by atoms with Crippen LogP contribution in [0, 0.1) is 22.1 Å². The summed E-state index contributed by atoms with van der Waals surface area (Å²) in [6.45, 7) is 2.68. The number of rotatable bonds is 1. The molecule has 1 aliphatic heterocycles. The van der Waals surface area contributed by atoms with Crippen LogP contribution < -0.4 is 4.66 Å². The Hall–Kier alpha value is -0.330. The molecule has 0 aromatic heterocycles. The first kappa shape index (κ1) is 14.1. The molecule has 0 radical (unpaired) electrons. The fourth-order valence-corrected chi connectivity index (χ4v) is 3.33. The topological polar surface area (TPSA) is 87.0 Å². The van der Waals surface area contributed by atoms with Gasteiger partial charge < -0.3 is 4.90 Å². The predicted octanol–water partition coefficient (Wildman–Crippen LogP) is -0.0739. The van der Waals surface area contributed by atoms with E-state index < -0.39 is 10.2 Å². The fourth-order valence-electron chi connectivity index (χ4n) is 3.33. The van der Waals surface area contributed by atoms with Crippen LogP contribution in [0.1, 0.15) is 38.5 Å². The van der Waals surface area contributed by atoms with Crippen molar-refractivity contribution in [2.75, 3.05) is 13.1 Å². The van der Waals surface area contributed by atoms with E-state index in [0.717, 1.165) is 11.8 Å². The molecule has 3 N–H and O–H groups in total. The monoisotopic (exact) mass is 279 g/mol. The minimum atomic E-state index is -4.19. The van der Waals surface area contributed by atoms with Gasteiger partial charge in [0.05, 0.1) is 0 Å². The summed E-state index contributed by atoms with van der Waals surface area (Å²) >= 11 is 0. The molecular formula is C12H22ClNO4. The van der Waals surface area contributed by atoms with Crippen molar-refractivity contribution in [2.45, 2.75) is 38.5 Å². The summed E-state index contributed by atoms with van der Waals surface area (Å²) in [5, 5.41) is 0. The molecule has 2 fully saturated rings. The first-order valence-corrected chi connectivity index (χ1v) is 7.88. The SMILES string of the molecule is C1=C(N2CCCCC2)C2CCC1C2.[O-][Cl+](O)(O)O. The fraction of sp³-hybridized carbons (Fsp3) is 0.833. The Kier molecular flexibility index (Phi) is 4.50. The molecule has 3 rings (SSSR count). The van der Waals surface area contributed by atoms with Gasteiger partial charge in [0.15, 0.2) is 0 Å². The van der Waals surface area contributed by atoms with Gasteiger partial charge in [0, 0.05) is 18.8 Å². The molecule has 3 aliphatic rings. The van der Waals surface area contributed by atoms with Gasteiger partial charge in [-0.1, -0.05) is 6.08 Å². The van der Waals surface area contributed by atoms with Crippen LogP contribution in [0.2, 0.25) is 0 Å². The first-order chi connectivity index (χ1) is 8.43. The zero-order valence-corrected chi connectivity index (χ0v) is 11.2. The molecule has 2 bridgehead atoms. The molecule has 2 aliphatic carbocycles. The normalized spacial score (nSPS) is 31.8. The van der Waals surface area contributed by atoms with Gasteiger partial charge in [0.2, 0.25) is 0 Å². The van der Waals surface area contributed by atoms with Crippen LogP contribution in [0.15, 0.2) is 11.8 Å². The number of halogens is 1. The molecular weight excluding hydrogens is 258 g/mol. The predicted molar refractivity (Wildman–Crippen MR) is 61.0 cm³/mol. The maximum absolute atomic E-state index is 8.83. The molecule has 1 heterocycles. The van der Waals surface area contributed by atoms with E-state index in [1.165, 1.54) is 51.6 Å². The molecule has 0 spiro atoms. The second-order valence-electron chi connectivity index (χ2n) is 5.34. The van der Waals surface area contributed by atoms with Crippen LogP contribution in [0.4, 0.5) is 0 Å². The van der Waals surface area contributed by atoms with Crippen LogP contribution >= 0.6 is 0 Å². The molecule has 0 amide bonds. The average Bonchev–Trinajstić information content (AvgIpc) is 2.89. The van der Waals surface area contributed by atoms with E-state index in [-0.39, 0.29) is 0 Å². The standard InChI is InChI=1S/C12H19N.ClH3O4/c1-2-6-13(7-3-1)12-9-10-4-5-11(12)8-10;2-1(3,4)5/h9-11H,1-8H2;2-4H. The third kappa shape index (κ3) is 4.10. The van der Waals surface area contributed by atoms with Crippen molar-refractivity contribution in [3.63, 3.8) is 0 Å². The van der Waals surface area contributed by atoms with Crippen LogP contribution in [0.25, 0.3) is 0 Å². The Balaban J connectivity index is 0.000000209. The molecule has 0 aromatic carbocycles. The third-order valence-electron chi connectivity index (χ3n) is 4.02. The van der Waals surface area contributed by atoms with Crippen LogP contribution in [0.3, 0.4) is 0 Å². The zero-order valence-electron chi connectivity index (χ0n) is 10.5. The van der Waals surface area contributed by atoms with Gasteiger partial charge in [0.1, 0.15) is 0 Å². The molecule has 1 saturated carbocycles. The summed E-state index contributed by atoms with van der Waals surface area (Å²) in [6.07, 6.45) is 11.3. The molecule has 0 aromatic rings. The molecule has 2 unspecified atom stereocenters. The van der Waals surface area contributed by atoms with Crippen LogP contribution in [-0.4, -0.2) is 32.0 Å². The number of nitrogens with zero attached hydrogens (tertiary/aromatic N) is 1. The van der Waals surface area contributed by atoms with Crippen LogP contribution in [-0.2, 0) is 0 Å². The number of hydrogen-bond acceptors (Lipinski definition) is 5. The van der Waals surface area contributed by atoms with Crippen molar-refractivity contribution in [3.05, 3.63) is 11.8 Å². The van der Waals surface area contributed by atoms with E-state index in [4.69, 9.17) is 18.6 Å². The summed E-state index contributed by atoms with van der Waals surface area (Å²) in [4.78, 5) is 2.67. The van der Waals surface area contributed by atoms with E-state index in [1.807, 2.05) is 0 Å². The minimum absolute atomic E-state index is 0.960. The zero-order chi connectivity index (χ0) is 13.2. The molecule has 18 heavy (non-hydrogen) atoms. The second-order valence-corrected chi connectivity index (χ2v) is 6.21. The van der Waals surface area contributed by atoms with Crippen molar-refractivity contribution in [2.24, 2.45) is 11.8 Å². The van der Waals surface area contributed by atoms with E-state index in [2.05, 4.69) is 11.0 Å². The van der Waals surface area contributed by atoms with Crippen molar-refractivity contribution in [3.8, 4) is 0 Å². The van der Waals surface area contributed by atoms with Gasteiger partial charge in [-0.25, -0.2) is 0 Å². The Bertz CT molecular complexity index is 304. The van der Waals surface area contributed by atoms with Gasteiger partial charge in [-0.3, -0.25) is 0 Å². The van der Waals surface area contributed by atoms with Crippen molar-refractivity contribution in [1.82, 2.24) is 4.90 Å². The molecule has 5 nitrogen and oxygen atoms in total. The summed E-state index contributed by atoms with van der Waals surface area (Å²) < 4.78 is 30.2. The Morgan fingerprint density at radius 2 is 1.72 bits per heavy atom. The summed E-state index contributed by atoms with van der Waals surface area (Å²) in [6, 6.07) is 0. The first-order valence-electron chi connectivity index (χ1n) is 6.56. The van der Waals surface area contributed by atoms with Crippen LogP contribution in [0.5, 0.6) is 0 Å². The van der Waals surface area contributed by atoms with Crippen molar-refractivity contribution < 1.29 is 28.9 Å². The number of allylic oxidation sites excluding steroid dienone is 2. The maximum atomic E-state index is 8.83. The molecule has 6 heteroatoms. The van der Waals surface area contributed by atoms with Gasteiger partial charge >= 0.3 is 28.9 Å². The number of fused-ring (bicyclic) bond motifs is 2. The number of likely N-dealkylation sites (tertiary alicyclic amines) is 1. The van der Waals surface area contributed by atoms with Gasteiger partial charge in [0.25, 0.3) is 0 Å². The van der Waals surface area contributed by atoms with E-state index in [1.54, 1.807) is 5.70 Å². The summed E-state index contributed by atoms with van der Waals surface area (Å²) in [7, 11) is -4.19. The molecule has 1 saturated heterocycles. The third-order valence-corrected chi connectivity index (χ3v) is 4.02. The average molecular weight is 280 g/mol. The Morgan fingerprint density at radius 1 is 1.11 bits per heavy atom. The second kappa shape index (κ2) is 5.75. The van der Waals surface area contributed by atoms with Gasteiger partial charge in [-0.05, 0) is 50.4 Å². The summed E-state index contributed by atoms with van der Waals surface area (Å²) in [5.41, 5.74) is 1.73. The van der Waals surface area contributed by atoms with Crippen molar-refractivity contribution >= 4 is 0 Å². The molecule has 2 atom stereocenters. The van der Waals surface area contributed by atoms with Crippen molar-refractivity contribution in [1.29, 1.82) is 0 Å². The summed E-state index contributed by atoms with van der Waals surface area (Å²) in [5.74, 6) is 1.92. The Morgan fingerprint density at radius 3 is 2.17 bits per heavy atom. The van der Waals surface area contributed by atoms with E-state index in [0.29, 0.717) is 0 Å².